The summed E-state index contributed by atoms with van der Waals surface area (Å²) in [5.74, 6) is 2.59. The normalized spacial score (nSPS) is 18.4. The Hall–Kier alpha value is -3.13. The molecule has 3 heterocycles. The lowest BCUT2D eigenvalue weighted by molar-refractivity contribution is -0.133. The molecule has 1 unspecified atom stereocenters. The van der Waals surface area contributed by atoms with Crippen LogP contribution in [0.25, 0.3) is 11.0 Å². The Balaban J connectivity index is 1.04. The third-order valence-electron chi connectivity index (χ3n) is 7.60. The van der Waals surface area contributed by atoms with Crippen molar-refractivity contribution in [3.8, 4) is 5.75 Å². The fourth-order valence-corrected chi connectivity index (χ4v) is 5.41. The minimum absolute atomic E-state index is 0.146. The fourth-order valence-electron chi connectivity index (χ4n) is 5.41. The van der Waals surface area contributed by atoms with Gasteiger partial charge in [0.05, 0.1) is 12.0 Å². The van der Waals surface area contributed by atoms with Crippen LogP contribution in [0.2, 0.25) is 0 Å². The summed E-state index contributed by atoms with van der Waals surface area (Å²) in [5, 5.41) is 8.02. The molecular formula is C30H41N5O3. The van der Waals surface area contributed by atoms with Crippen LogP contribution < -0.4 is 15.4 Å². The van der Waals surface area contributed by atoms with E-state index in [1.165, 1.54) is 32.1 Å². The van der Waals surface area contributed by atoms with Crippen molar-refractivity contribution in [1.29, 1.82) is 0 Å². The van der Waals surface area contributed by atoms with Gasteiger partial charge < -0.3 is 25.1 Å². The molecule has 1 saturated heterocycles. The highest BCUT2D eigenvalue weighted by atomic mass is 16.5. The minimum atomic E-state index is -0.146. The van der Waals surface area contributed by atoms with E-state index in [1.54, 1.807) is 0 Å². The van der Waals surface area contributed by atoms with E-state index < -0.39 is 0 Å². The van der Waals surface area contributed by atoms with Crippen molar-refractivity contribution in [2.75, 3.05) is 23.8 Å². The highest BCUT2D eigenvalue weighted by molar-refractivity contribution is 5.88. The van der Waals surface area contributed by atoms with Crippen LogP contribution in [-0.4, -0.2) is 46.1 Å². The summed E-state index contributed by atoms with van der Waals surface area (Å²) < 4.78 is 11.5. The molecular weight excluding hydrogens is 478 g/mol. The highest BCUT2D eigenvalue weighted by Gasteiger charge is 2.21. The Morgan fingerprint density at radius 3 is 2.58 bits per heavy atom. The molecule has 204 valence electrons. The van der Waals surface area contributed by atoms with Crippen molar-refractivity contribution < 1.29 is 14.3 Å². The molecule has 2 fully saturated rings. The van der Waals surface area contributed by atoms with Gasteiger partial charge in [-0.25, -0.2) is 0 Å². The summed E-state index contributed by atoms with van der Waals surface area (Å²) in [7, 11) is 0. The molecule has 1 aliphatic carbocycles. The number of fused-ring (bicyclic) bond motifs is 1. The van der Waals surface area contributed by atoms with Gasteiger partial charge in [0.25, 0.3) is 0 Å². The number of nitrogens with zero attached hydrogens (tertiary/aromatic N) is 2. The molecule has 1 aliphatic heterocycles. The van der Waals surface area contributed by atoms with Crippen molar-refractivity contribution in [1.82, 2.24) is 15.0 Å². The van der Waals surface area contributed by atoms with E-state index in [1.807, 2.05) is 36.5 Å². The maximum atomic E-state index is 12.2. The lowest BCUT2D eigenvalue weighted by Crippen LogP contribution is -2.27. The number of ketones is 1. The van der Waals surface area contributed by atoms with E-state index in [0.29, 0.717) is 25.0 Å². The molecule has 1 aromatic carbocycles. The average Bonchev–Trinajstić information content (AvgIpc) is 3.43. The number of carbonyl (C=O) groups excluding carboxylic acids is 1. The fraction of sp³-hybridized carbons (Fsp3) is 0.567. The number of aromatic amines is 1. The molecule has 2 aliphatic rings. The number of unbranched alkanes of at least 4 members (excludes halogenated alkanes) is 3. The molecule has 0 spiro atoms. The summed E-state index contributed by atoms with van der Waals surface area (Å²) in [5.41, 5.74) is 1.74. The number of nitrogens with one attached hydrogen (secondary N) is 3. The number of anilines is 3. The van der Waals surface area contributed by atoms with Gasteiger partial charge >= 0.3 is 0 Å². The molecule has 0 bridgehead atoms. The Morgan fingerprint density at radius 1 is 0.947 bits per heavy atom. The Bertz CT molecular complexity index is 1150. The van der Waals surface area contributed by atoms with Crippen LogP contribution in [0.15, 0.2) is 36.5 Å². The predicted molar refractivity (Wildman–Crippen MR) is 151 cm³/mol. The predicted octanol–water partition coefficient (Wildman–Crippen LogP) is 6.91. The van der Waals surface area contributed by atoms with E-state index in [0.717, 1.165) is 79.8 Å². The summed E-state index contributed by atoms with van der Waals surface area (Å²) in [6.07, 6.45) is 15.8. The first-order valence-electron chi connectivity index (χ1n) is 14.5. The first-order valence-corrected chi connectivity index (χ1v) is 14.5. The van der Waals surface area contributed by atoms with Gasteiger partial charge in [0.2, 0.25) is 5.95 Å². The van der Waals surface area contributed by atoms with Crippen molar-refractivity contribution in [2.45, 2.75) is 95.6 Å². The molecule has 1 saturated carbocycles. The summed E-state index contributed by atoms with van der Waals surface area (Å²) in [4.78, 5) is 24.9. The van der Waals surface area contributed by atoms with Gasteiger partial charge in [0, 0.05) is 31.0 Å². The molecule has 2 aromatic heterocycles. The zero-order valence-electron chi connectivity index (χ0n) is 22.3. The first kappa shape index (κ1) is 26.5. The van der Waals surface area contributed by atoms with Gasteiger partial charge in [-0.15, -0.1) is 0 Å². The Morgan fingerprint density at radius 2 is 1.76 bits per heavy atom. The number of carbonyl (C=O) groups is 1. The second-order valence-electron chi connectivity index (χ2n) is 10.6. The second kappa shape index (κ2) is 13.6. The van der Waals surface area contributed by atoms with Crippen molar-refractivity contribution in [3.05, 3.63) is 36.5 Å². The standard InChI is InChI=1S/C30H41N5O3/c36-26(27-13-7-9-21-38-27)12-6-1-2-8-20-37-24-16-14-23(15-17-24)33-30-34-28-25(18-19-31-28)29(35-30)32-22-10-4-3-5-11-22/h14-19,22,27H,1-13,20-21H2,(H3,31,32,33,34,35). The zero-order valence-corrected chi connectivity index (χ0v) is 22.3. The number of aromatic nitrogens is 3. The molecule has 8 heteroatoms. The topological polar surface area (TPSA) is 101 Å². The molecule has 8 nitrogen and oxygen atoms in total. The molecule has 5 rings (SSSR count). The Labute approximate surface area is 225 Å². The average molecular weight is 520 g/mol. The minimum Gasteiger partial charge on any atom is -0.494 e. The van der Waals surface area contributed by atoms with Crippen LogP contribution in [0, 0.1) is 0 Å². The smallest absolute Gasteiger partial charge is 0.231 e. The Kier molecular flexibility index (Phi) is 9.48. The van der Waals surface area contributed by atoms with Gasteiger partial charge in [-0.05, 0) is 75.3 Å². The number of hydrogen-bond acceptors (Lipinski definition) is 7. The van der Waals surface area contributed by atoms with E-state index >= 15 is 0 Å². The lowest BCUT2D eigenvalue weighted by Gasteiger charge is -2.23. The second-order valence-corrected chi connectivity index (χ2v) is 10.6. The lowest BCUT2D eigenvalue weighted by atomic mass is 9.95. The molecule has 3 aromatic rings. The third kappa shape index (κ3) is 7.47. The van der Waals surface area contributed by atoms with Crippen LogP contribution in [-0.2, 0) is 9.53 Å². The van der Waals surface area contributed by atoms with Crippen molar-refractivity contribution in [3.63, 3.8) is 0 Å². The summed E-state index contributed by atoms with van der Waals surface area (Å²) >= 11 is 0. The van der Waals surface area contributed by atoms with Gasteiger partial charge in [0.15, 0.2) is 5.78 Å². The SMILES string of the molecule is O=C(CCCCCCOc1ccc(Nc2nc(NC3CCCCC3)c3cc[nH]c3n2)cc1)C1CCCCO1. The number of ether oxygens (including phenoxy) is 2. The van der Waals surface area contributed by atoms with Gasteiger partial charge in [-0.1, -0.05) is 32.1 Å². The third-order valence-corrected chi connectivity index (χ3v) is 7.60. The van der Waals surface area contributed by atoms with E-state index in [2.05, 4.69) is 20.6 Å². The van der Waals surface area contributed by atoms with Crippen molar-refractivity contribution in [2.24, 2.45) is 0 Å². The monoisotopic (exact) mass is 519 g/mol. The van der Waals surface area contributed by atoms with Crippen LogP contribution in [0.5, 0.6) is 5.75 Å². The van der Waals surface area contributed by atoms with E-state index in [-0.39, 0.29) is 11.9 Å². The number of rotatable bonds is 13. The van der Waals surface area contributed by atoms with Crippen molar-refractivity contribution >= 4 is 34.3 Å². The highest BCUT2D eigenvalue weighted by Crippen LogP contribution is 2.27. The van der Waals surface area contributed by atoms with Gasteiger partial charge in [-0.3, -0.25) is 4.79 Å². The molecule has 38 heavy (non-hydrogen) atoms. The number of hydrogen-bond donors (Lipinski definition) is 3. The van der Waals surface area contributed by atoms with E-state index in [4.69, 9.17) is 14.5 Å². The van der Waals surface area contributed by atoms with Gasteiger partial charge in [-0.2, -0.15) is 9.97 Å². The summed E-state index contributed by atoms with van der Waals surface area (Å²) in [6, 6.07) is 10.4. The van der Waals surface area contributed by atoms with Crippen LogP contribution >= 0.6 is 0 Å². The largest absolute Gasteiger partial charge is 0.494 e. The summed E-state index contributed by atoms with van der Waals surface area (Å²) in [6.45, 7) is 1.41. The molecule has 0 amide bonds. The maximum absolute atomic E-state index is 12.2. The van der Waals surface area contributed by atoms with Crippen LogP contribution in [0.1, 0.15) is 83.5 Å². The van der Waals surface area contributed by atoms with E-state index in [9.17, 15) is 4.79 Å². The molecule has 1 atom stereocenters. The van der Waals surface area contributed by atoms with Crippen LogP contribution in [0.3, 0.4) is 0 Å². The first-order chi connectivity index (χ1) is 18.7. The molecule has 0 radical (unpaired) electrons. The number of benzene rings is 1. The quantitative estimate of drug-likeness (QED) is 0.211. The van der Waals surface area contributed by atoms with Crippen LogP contribution in [0.4, 0.5) is 17.5 Å². The zero-order chi connectivity index (χ0) is 26.0. The number of Topliss-reactive ketones (excluding diaryl/α,β-unsaturated/α-hetero) is 1. The number of H-pyrrole nitrogens is 1. The molecule has 3 N–H and O–H groups in total. The maximum Gasteiger partial charge on any atom is 0.231 e. The van der Waals surface area contributed by atoms with Gasteiger partial charge in [0.1, 0.15) is 23.3 Å².